The van der Waals surface area contributed by atoms with Gasteiger partial charge in [-0.25, -0.2) is 4.39 Å². The van der Waals surface area contributed by atoms with Crippen LogP contribution in [0.25, 0.3) is 0 Å². The quantitative estimate of drug-likeness (QED) is 0.552. The minimum Gasteiger partial charge on any atom is -0.492 e. The summed E-state index contributed by atoms with van der Waals surface area (Å²) in [5, 5.41) is 3.52. The molecule has 146 valence electrons. The first-order chi connectivity index (χ1) is 12.6. The van der Waals surface area contributed by atoms with Gasteiger partial charge >= 0.3 is 0 Å². The Morgan fingerprint density at radius 2 is 2.04 bits per heavy atom. The maximum absolute atomic E-state index is 12.9. The van der Waals surface area contributed by atoms with E-state index in [4.69, 9.17) is 9.47 Å². The molecule has 0 unspecified atom stereocenters. The molecule has 0 aliphatic carbocycles. The fourth-order valence-electron chi connectivity index (χ4n) is 2.98. The van der Waals surface area contributed by atoms with Gasteiger partial charge in [0.1, 0.15) is 18.2 Å². The van der Waals surface area contributed by atoms with Crippen LogP contribution in [0, 0.1) is 5.82 Å². The SMILES string of the molecule is CCSC1(CNC(=NC)N(C)CCOc2ccc(F)cc2)CCOCC1. The molecule has 2 rings (SSSR count). The summed E-state index contributed by atoms with van der Waals surface area (Å²) in [6.07, 6.45) is 2.12. The van der Waals surface area contributed by atoms with Crippen molar-refractivity contribution in [3.05, 3.63) is 30.1 Å². The summed E-state index contributed by atoms with van der Waals surface area (Å²) in [7, 11) is 3.79. The molecule has 7 heteroatoms. The molecule has 0 radical (unpaired) electrons. The zero-order chi connectivity index (χ0) is 18.8. The zero-order valence-corrected chi connectivity index (χ0v) is 16.8. The first kappa shape index (κ1) is 20.8. The summed E-state index contributed by atoms with van der Waals surface area (Å²) in [4.78, 5) is 6.44. The molecular formula is C19H30FN3O2S. The van der Waals surface area contributed by atoms with Gasteiger partial charge in [-0.1, -0.05) is 6.92 Å². The monoisotopic (exact) mass is 383 g/mol. The highest BCUT2D eigenvalue weighted by molar-refractivity contribution is 8.00. The largest absolute Gasteiger partial charge is 0.492 e. The molecule has 5 nitrogen and oxygen atoms in total. The van der Waals surface area contributed by atoms with Gasteiger partial charge in [0.15, 0.2) is 5.96 Å². The molecule has 1 aromatic carbocycles. The summed E-state index contributed by atoms with van der Waals surface area (Å²) in [6, 6.07) is 6.08. The van der Waals surface area contributed by atoms with Crippen LogP contribution in [0.5, 0.6) is 5.75 Å². The molecular weight excluding hydrogens is 353 g/mol. The molecule has 0 saturated carbocycles. The zero-order valence-electron chi connectivity index (χ0n) is 16.0. The third kappa shape index (κ3) is 6.36. The van der Waals surface area contributed by atoms with Gasteiger partial charge in [-0.15, -0.1) is 0 Å². The van der Waals surface area contributed by atoms with Crippen molar-refractivity contribution in [2.45, 2.75) is 24.5 Å². The van der Waals surface area contributed by atoms with Crippen LogP contribution in [0.15, 0.2) is 29.3 Å². The first-order valence-corrected chi connectivity index (χ1v) is 10.1. The number of thioether (sulfide) groups is 1. The lowest BCUT2D eigenvalue weighted by molar-refractivity contribution is 0.0780. The highest BCUT2D eigenvalue weighted by atomic mass is 32.2. The van der Waals surface area contributed by atoms with Crippen LogP contribution >= 0.6 is 11.8 Å². The molecule has 0 amide bonds. The summed E-state index contributed by atoms with van der Waals surface area (Å²) >= 11 is 2.01. The van der Waals surface area contributed by atoms with Crippen LogP contribution in [0.2, 0.25) is 0 Å². The van der Waals surface area contributed by atoms with Crippen LogP contribution < -0.4 is 10.1 Å². The Hall–Kier alpha value is -1.47. The molecule has 1 heterocycles. The van der Waals surface area contributed by atoms with Gasteiger partial charge in [-0.2, -0.15) is 11.8 Å². The highest BCUT2D eigenvalue weighted by Gasteiger charge is 2.32. The lowest BCUT2D eigenvalue weighted by atomic mass is 9.99. The van der Waals surface area contributed by atoms with Gasteiger partial charge in [0.25, 0.3) is 0 Å². The molecule has 0 atom stereocenters. The molecule has 1 aliphatic rings. The van der Waals surface area contributed by atoms with Gasteiger partial charge < -0.3 is 19.7 Å². The van der Waals surface area contributed by atoms with Gasteiger partial charge in [0.05, 0.1) is 6.54 Å². The summed E-state index contributed by atoms with van der Waals surface area (Å²) < 4.78 is 24.3. The van der Waals surface area contributed by atoms with Crippen molar-refractivity contribution < 1.29 is 13.9 Å². The topological polar surface area (TPSA) is 46.1 Å². The molecule has 1 N–H and O–H groups in total. The van der Waals surface area contributed by atoms with Crippen molar-refractivity contribution >= 4 is 17.7 Å². The molecule has 1 aliphatic heterocycles. The third-order valence-corrected chi connectivity index (χ3v) is 5.96. The Morgan fingerprint density at radius 3 is 2.65 bits per heavy atom. The van der Waals surface area contributed by atoms with Crippen LogP contribution in [-0.4, -0.2) is 68.4 Å². The minimum absolute atomic E-state index is 0.217. The van der Waals surface area contributed by atoms with Crippen molar-refractivity contribution in [3.8, 4) is 5.75 Å². The second-order valence-corrected chi connectivity index (χ2v) is 8.09. The lowest BCUT2D eigenvalue weighted by Crippen LogP contribution is -2.49. The average molecular weight is 384 g/mol. The Labute approximate surface area is 160 Å². The van der Waals surface area contributed by atoms with Crippen molar-refractivity contribution in [2.75, 3.05) is 52.8 Å². The Kier molecular flexibility index (Phi) is 8.51. The summed E-state index contributed by atoms with van der Waals surface area (Å²) in [6.45, 7) is 5.93. The van der Waals surface area contributed by atoms with E-state index in [0.717, 1.165) is 44.3 Å². The molecule has 1 fully saturated rings. The summed E-state index contributed by atoms with van der Waals surface area (Å²) in [5.74, 6) is 2.37. The maximum Gasteiger partial charge on any atom is 0.193 e. The Bertz CT molecular complexity index is 557. The van der Waals surface area contributed by atoms with Gasteiger partial charge in [0, 0.05) is 38.6 Å². The standard InChI is InChI=1S/C19H30FN3O2S/c1-4-26-19(9-12-24-13-10-19)15-22-18(21-2)23(3)11-14-25-17-7-5-16(20)6-8-17/h5-8H,4,9-15H2,1-3H3,(H,21,22). The molecule has 0 spiro atoms. The molecule has 0 aromatic heterocycles. The number of halogens is 1. The number of benzene rings is 1. The first-order valence-electron chi connectivity index (χ1n) is 9.10. The van der Waals surface area contributed by atoms with E-state index in [1.165, 1.54) is 12.1 Å². The van der Waals surface area contributed by atoms with Crippen molar-refractivity contribution in [2.24, 2.45) is 4.99 Å². The molecule has 0 bridgehead atoms. The molecule has 1 aromatic rings. The number of nitrogens with one attached hydrogen (secondary N) is 1. The van der Waals surface area contributed by atoms with Crippen molar-refractivity contribution in [1.29, 1.82) is 0 Å². The van der Waals surface area contributed by atoms with E-state index < -0.39 is 0 Å². The lowest BCUT2D eigenvalue weighted by Gasteiger charge is -2.37. The second-order valence-electron chi connectivity index (χ2n) is 6.35. The number of likely N-dealkylation sites (N-methyl/N-ethyl adjacent to an activating group) is 1. The fourth-order valence-corrected chi connectivity index (χ4v) is 4.23. The van der Waals surface area contributed by atoms with E-state index in [0.29, 0.717) is 18.9 Å². The normalized spacial score (nSPS) is 17.0. The van der Waals surface area contributed by atoms with E-state index in [9.17, 15) is 4.39 Å². The smallest absolute Gasteiger partial charge is 0.193 e. The number of aliphatic imine (C=N–C) groups is 1. The molecule has 26 heavy (non-hydrogen) atoms. The van der Waals surface area contributed by atoms with Gasteiger partial charge in [0.2, 0.25) is 0 Å². The predicted molar refractivity (Wildman–Crippen MR) is 107 cm³/mol. The van der Waals surface area contributed by atoms with Gasteiger partial charge in [-0.05, 0) is 42.9 Å². The van der Waals surface area contributed by atoms with E-state index in [2.05, 4.69) is 17.2 Å². The average Bonchev–Trinajstić information content (AvgIpc) is 2.65. The fraction of sp³-hybridized carbons (Fsp3) is 0.632. The number of hydrogen-bond acceptors (Lipinski definition) is 4. The van der Waals surface area contributed by atoms with E-state index in [1.54, 1.807) is 19.2 Å². The minimum atomic E-state index is -0.258. The third-order valence-electron chi connectivity index (χ3n) is 4.51. The molecule has 1 saturated heterocycles. The number of guanidine groups is 1. The number of ether oxygens (including phenoxy) is 2. The van der Waals surface area contributed by atoms with Crippen molar-refractivity contribution in [3.63, 3.8) is 0 Å². The van der Waals surface area contributed by atoms with Crippen LogP contribution in [-0.2, 0) is 4.74 Å². The summed E-state index contributed by atoms with van der Waals surface area (Å²) in [5.41, 5.74) is 0. The number of hydrogen-bond donors (Lipinski definition) is 1. The van der Waals surface area contributed by atoms with Crippen LogP contribution in [0.3, 0.4) is 0 Å². The van der Waals surface area contributed by atoms with E-state index >= 15 is 0 Å². The van der Waals surface area contributed by atoms with Crippen LogP contribution in [0.4, 0.5) is 4.39 Å². The number of nitrogens with zero attached hydrogens (tertiary/aromatic N) is 2. The van der Waals surface area contributed by atoms with Gasteiger partial charge in [-0.3, -0.25) is 4.99 Å². The van der Waals surface area contributed by atoms with Crippen LogP contribution in [0.1, 0.15) is 19.8 Å². The second kappa shape index (κ2) is 10.6. The maximum atomic E-state index is 12.9. The Morgan fingerprint density at radius 1 is 1.35 bits per heavy atom. The van der Waals surface area contributed by atoms with E-state index in [-0.39, 0.29) is 10.6 Å². The number of rotatable bonds is 8. The van der Waals surface area contributed by atoms with E-state index in [1.807, 2.05) is 23.7 Å². The van der Waals surface area contributed by atoms with Crippen molar-refractivity contribution in [1.82, 2.24) is 10.2 Å². The Balaban J connectivity index is 1.80. The predicted octanol–water partition coefficient (Wildman–Crippen LogP) is 3.01. The highest BCUT2D eigenvalue weighted by Crippen LogP contribution is 2.34.